The zero-order chi connectivity index (χ0) is 17.3. The molecule has 0 aromatic heterocycles. The number of amides is 2. The fraction of sp³-hybridized carbons (Fsp3) is 0.471. The molecule has 3 rings (SSSR count). The second kappa shape index (κ2) is 6.84. The van der Waals surface area contributed by atoms with Gasteiger partial charge < -0.3 is 14.9 Å². The summed E-state index contributed by atoms with van der Waals surface area (Å²) in [5.74, 6) is -1.14. The van der Waals surface area contributed by atoms with Crippen LogP contribution in [0.25, 0.3) is 0 Å². The maximum Gasteiger partial charge on any atom is 0.306 e. The predicted octanol–water partition coefficient (Wildman–Crippen LogP) is 1.69. The van der Waals surface area contributed by atoms with Gasteiger partial charge in [-0.3, -0.25) is 14.4 Å². The average Bonchev–Trinajstić information content (AvgIpc) is 2.57. The minimum Gasteiger partial charge on any atom is -0.481 e. The number of rotatable bonds is 3. The summed E-state index contributed by atoms with van der Waals surface area (Å²) in [6.45, 7) is 2.73. The summed E-state index contributed by atoms with van der Waals surface area (Å²) in [7, 11) is 0. The summed E-state index contributed by atoms with van der Waals surface area (Å²) >= 11 is 1.49. The molecule has 1 saturated heterocycles. The number of thioether (sulfide) groups is 1. The van der Waals surface area contributed by atoms with E-state index < -0.39 is 11.9 Å². The van der Waals surface area contributed by atoms with Crippen molar-refractivity contribution in [2.24, 2.45) is 11.8 Å². The van der Waals surface area contributed by atoms with Gasteiger partial charge in [0.2, 0.25) is 11.8 Å². The average molecular weight is 348 g/mol. The molecule has 0 aliphatic carbocycles. The van der Waals surface area contributed by atoms with Crippen LogP contribution in [0.3, 0.4) is 0 Å². The van der Waals surface area contributed by atoms with Gasteiger partial charge in [-0.25, -0.2) is 0 Å². The van der Waals surface area contributed by atoms with Crippen LogP contribution in [0.4, 0.5) is 5.69 Å². The molecule has 2 unspecified atom stereocenters. The first kappa shape index (κ1) is 16.8. The Morgan fingerprint density at radius 1 is 1.33 bits per heavy atom. The second-order valence-electron chi connectivity index (χ2n) is 6.29. The molecule has 2 atom stereocenters. The molecular weight excluding hydrogens is 328 g/mol. The molecule has 0 saturated carbocycles. The molecule has 1 aromatic carbocycles. The van der Waals surface area contributed by atoms with Crippen LogP contribution in [-0.2, 0) is 14.4 Å². The number of aliphatic carboxylic acids is 1. The van der Waals surface area contributed by atoms with Crippen molar-refractivity contribution in [1.82, 2.24) is 4.90 Å². The Bertz CT molecular complexity index is 678. The minimum atomic E-state index is -0.799. The molecule has 0 bridgehead atoms. The van der Waals surface area contributed by atoms with Gasteiger partial charge in [0.1, 0.15) is 6.54 Å². The molecule has 1 aromatic rings. The maximum atomic E-state index is 12.6. The van der Waals surface area contributed by atoms with Crippen LogP contribution in [0.15, 0.2) is 29.2 Å². The third kappa shape index (κ3) is 3.26. The highest BCUT2D eigenvalue weighted by molar-refractivity contribution is 8.00. The van der Waals surface area contributed by atoms with E-state index in [1.807, 2.05) is 31.2 Å². The van der Waals surface area contributed by atoms with E-state index in [-0.39, 0.29) is 24.3 Å². The standard InChI is InChI=1S/C17H20N2O4S/c1-11-8-18(7-6-12(11)17(22)23)15(20)9-19-13-4-2-3-5-14(13)24-10-16(19)21/h2-5,11-12H,6-10H2,1H3,(H,22,23). The first-order valence-electron chi connectivity index (χ1n) is 8.00. The third-order valence-corrected chi connectivity index (χ3v) is 5.72. The number of fused-ring (bicyclic) bond motifs is 1. The number of anilines is 1. The van der Waals surface area contributed by atoms with Crippen LogP contribution < -0.4 is 4.90 Å². The Labute approximate surface area is 144 Å². The molecule has 24 heavy (non-hydrogen) atoms. The molecule has 6 nitrogen and oxygen atoms in total. The number of likely N-dealkylation sites (tertiary alicyclic amines) is 1. The Kier molecular flexibility index (Phi) is 4.80. The van der Waals surface area contributed by atoms with Gasteiger partial charge in [-0.1, -0.05) is 19.1 Å². The predicted molar refractivity (Wildman–Crippen MR) is 91.0 cm³/mol. The van der Waals surface area contributed by atoms with Crippen molar-refractivity contribution in [3.63, 3.8) is 0 Å². The molecule has 2 aliphatic heterocycles. The van der Waals surface area contributed by atoms with E-state index in [9.17, 15) is 19.5 Å². The highest BCUT2D eigenvalue weighted by Gasteiger charge is 2.34. The van der Waals surface area contributed by atoms with Gasteiger partial charge in [0.25, 0.3) is 0 Å². The van der Waals surface area contributed by atoms with Crippen LogP contribution in [-0.4, -0.2) is 53.2 Å². The fourth-order valence-corrected chi connectivity index (χ4v) is 4.24. The van der Waals surface area contributed by atoms with E-state index in [1.165, 1.54) is 11.8 Å². The molecule has 7 heteroatoms. The van der Waals surface area contributed by atoms with Crippen molar-refractivity contribution < 1.29 is 19.5 Å². The highest BCUT2D eigenvalue weighted by atomic mass is 32.2. The lowest BCUT2D eigenvalue weighted by Crippen LogP contribution is -2.50. The zero-order valence-electron chi connectivity index (χ0n) is 13.5. The van der Waals surface area contributed by atoms with Crippen molar-refractivity contribution >= 4 is 35.2 Å². The summed E-state index contributed by atoms with van der Waals surface area (Å²) in [6, 6.07) is 7.58. The van der Waals surface area contributed by atoms with E-state index in [0.717, 1.165) is 10.6 Å². The van der Waals surface area contributed by atoms with Crippen LogP contribution in [0.2, 0.25) is 0 Å². The number of carboxylic acid groups (broad SMARTS) is 1. The minimum absolute atomic E-state index is 0.0147. The lowest BCUT2D eigenvalue weighted by Gasteiger charge is -2.36. The number of benzene rings is 1. The van der Waals surface area contributed by atoms with E-state index in [0.29, 0.717) is 25.3 Å². The monoisotopic (exact) mass is 348 g/mol. The number of carbonyl (C=O) groups is 3. The SMILES string of the molecule is CC1CN(C(=O)CN2C(=O)CSc3ccccc32)CCC1C(=O)O. The van der Waals surface area contributed by atoms with Gasteiger partial charge in [-0.15, -0.1) is 11.8 Å². The van der Waals surface area contributed by atoms with Crippen molar-refractivity contribution in [3.8, 4) is 0 Å². The maximum absolute atomic E-state index is 12.6. The Balaban J connectivity index is 1.69. The van der Waals surface area contributed by atoms with Gasteiger partial charge in [-0.05, 0) is 24.5 Å². The molecule has 128 valence electrons. The van der Waals surface area contributed by atoms with Crippen LogP contribution in [0, 0.1) is 11.8 Å². The zero-order valence-corrected chi connectivity index (χ0v) is 14.3. The molecule has 1 N–H and O–H groups in total. The first-order chi connectivity index (χ1) is 11.5. The first-order valence-corrected chi connectivity index (χ1v) is 8.98. The number of carboxylic acids is 1. The summed E-state index contributed by atoms with van der Waals surface area (Å²) in [5, 5.41) is 9.18. The van der Waals surface area contributed by atoms with Crippen LogP contribution in [0.1, 0.15) is 13.3 Å². The van der Waals surface area contributed by atoms with Crippen LogP contribution >= 0.6 is 11.8 Å². The number of para-hydroxylation sites is 1. The molecular formula is C17H20N2O4S. The van der Waals surface area contributed by atoms with Crippen LogP contribution in [0.5, 0.6) is 0 Å². The molecule has 0 radical (unpaired) electrons. The van der Waals surface area contributed by atoms with Gasteiger partial charge in [0.05, 0.1) is 17.4 Å². The van der Waals surface area contributed by atoms with Gasteiger partial charge in [-0.2, -0.15) is 0 Å². The smallest absolute Gasteiger partial charge is 0.306 e. The van der Waals surface area contributed by atoms with Crippen molar-refractivity contribution in [2.75, 3.05) is 30.3 Å². The molecule has 2 amide bonds. The molecule has 1 fully saturated rings. The Hall–Kier alpha value is -2.02. The molecule has 2 aliphatic rings. The quantitative estimate of drug-likeness (QED) is 0.899. The highest BCUT2D eigenvalue weighted by Crippen LogP contribution is 2.35. The fourth-order valence-electron chi connectivity index (χ4n) is 3.30. The normalized spacial score (nSPS) is 23.8. The summed E-state index contributed by atoms with van der Waals surface area (Å²) in [5.41, 5.74) is 0.778. The second-order valence-corrected chi connectivity index (χ2v) is 7.30. The van der Waals surface area contributed by atoms with Crippen molar-refractivity contribution in [1.29, 1.82) is 0 Å². The van der Waals surface area contributed by atoms with E-state index in [2.05, 4.69) is 0 Å². The lowest BCUT2D eigenvalue weighted by molar-refractivity contribution is -0.148. The molecule has 2 heterocycles. The van der Waals surface area contributed by atoms with Gasteiger partial charge in [0, 0.05) is 18.0 Å². The summed E-state index contributed by atoms with van der Waals surface area (Å²) in [6.07, 6.45) is 0.461. The number of nitrogens with zero attached hydrogens (tertiary/aromatic N) is 2. The van der Waals surface area contributed by atoms with E-state index in [4.69, 9.17) is 0 Å². The third-order valence-electron chi connectivity index (χ3n) is 4.68. The Morgan fingerprint density at radius 3 is 2.79 bits per heavy atom. The number of carbonyl (C=O) groups excluding carboxylic acids is 2. The number of piperidine rings is 1. The van der Waals surface area contributed by atoms with Gasteiger partial charge in [0.15, 0.2) is 0 Å². The van der Waals surface area contributed by atoms with Crippen molar-refractivity contribution in [2.45, 2.75) is 18.2 Å². The van der Waals surface area contributed by atoms with E-state index in [1.54, 1.807) is 9.80 Å². The number of hydrogen-bond acceptors (Lipinski definition) is 4. The van der Waals surface area contributed by atoms with Crippen molar-refractivity contribution in [3.05, 3.63) is 24.3 Å². The molecule has 0 spiro atoms. The lowest BCUT2D eigenvalue weighted by atomic mass is 9.87. The van der Waals surface area contributed by atoms with E-state index >= 15 is 0 Å². The van der Waals surface area contributed by atoms with Gasteiger partial charge >= 0.3 is 5.97 Å². The topological polar surface area (TPSA) is 77.9 Å². The summed E-state index contributed by atoms with van der Waals surface area (Å²) in [4.78, 5) is 40.3. The summed E-state index contributed by atoms with van der Waals surface area (Å²) < 4.78 is 0. The Morgan fingerprint density at radius 2 is 2.08 bits per heavy atom. The largest absolute Gasteiger partial charge is 0.481 e. The number of hydrogen-bond donors (Lipinski definition) is 1.